The lowest BCUT2D eigenvalue weighted by Crippen LogP contribution is -2.17. The molecule has 0 radical (unpaired) electrons. The molecule has 0 saturated heterocycles. The van der Waals surface area contributed by atoms with Gasteiger partial charge in [-0.1, -0.05) is 60.7 Å². The molecule has 0 aliphatic carbocycles. The van der Waals surface area contributed by atoms with Crippen molar-refractivity contribution in [3.8, 4) is 0 Å². The van der Waals surface area contributed by atoms with E-state index < -0.39 is 0 Å². The number of allylic oxidation sites excluding steroid dienone is 1. The van der Waals surface area contributed by atoms with Crippen LogP contribution in [0, 0.1) is 5.41 Å². The maximum absolute atomic E-state index is 8.24. The van der Waals surface area contributed by atoms with Gasteiger partial charge >= 0.3 is 0 Å². The fourth-order valence-electron chi connectivity index (χ4n) is 1.81. The van der Waals surface area contributed by atoms with Crippen molar-refractivity contribution in [2.75, 3.05) is 0 Å². The van der Waals surface area contributed by atoms with Gasteiger partial charge in [0.05, 0.1) is 5.71 Å². The Kier molecular flexibility index (Phi) is 3.44. The topological polar surface area (TPSA) is 75.9 Å². The van der Waals surface area contributed by atoms with Crippen LogP contribution >= 0.6 is 0 Å². The van der Waals surface area contributed by atoms with Crippen molar-refractivity contribution in [1.29, 1.82) is 5.41 Å². The van der Waals surface area contributed by atoms with E-state index in [1.54, 1.807) is 0 Å². The Morgan fingerprint density at radius 3 is 1.61 bits per heavy atom. The second-order valence-corrected chi connectivity index (χ2v) is 3.94. The van der Waals surface area contributed by atoms with Gasteiger partial charge in [0.15, 0.2) is 0 Å². The minimum Gasteiger partial charge on any atom is -0.385 e. The molecule has 2 aromatic carbocycles. The van der Waals surface area contributed by atoms with Gasteiger partial charge in [-0.05, 0) is 5.56 Å². The Hall–Kier alpha value is -2.55. The largest absolute Gasteiger partial charge is 0.385 e. The Morgan fingerprint density at radius 2 is 1.17 bits per heavy atom. The average molecular weight is 237 g/mol. The first-order valence-corrected chi connectivity index (χ1v) is 5.65. The van der Waals surface area contributed by atoms with E-state index in [0.29, 0.717) is 11.3 Å². The highest BCUT2D eigenvalue weighted by Crippen LogP contribution is 2.20. The molecule has 2 aromatic rings. The molecule has 5 N–H and O–H groups in total. The predicted octanol–water partition coefficient (Wildman–Crippen LogP) is 2.34. The quantitative estimate of drug-likeness (QED) is 0.717. The van der Waals surface area contributed by atoms with Crippen LogP contribution < -0.4 is 11.5 Å². The number of hydrogen-bond acceptors (Lipinski definition) is 3. The third-order valence-corrected chi connectivity index (χ3v) is 2.66. The van der Waals surface area contributed by atoms with Gasteiger partial charge in [0.2, 0.25) is 0 Å². The van der Waals surface area contributed by atoms with Gasteiger partial charge in [0.25, 0.3) is 0 Å². The van der Waals surface area contributed by atoms with Crippen molar-refractivity contribution in [3.05, 3.63) is 77.6 Å². The number of rotatable bonds is 3. The summed E-state index contributed by atoms with van der Waals surface area (Å²) in [7, 11) is 0. The summed E-state index contributed by atoms with van der Waals surface area (Å²) in [5.41, 5.74) is 14.0. The standard InChI is InChI=1S/C15H15N3/c16-14(12-9-5-2-6-10-12)13(15(17)18)11-7-3-1-4-8-11/h1-10,16H,17-18H2. The van der Waals surface area contributed by atoms with Crippen LogP contribution in [0.25, 0.3) is 5.57 Å². The number of nitrogens with two attached hydrogens (primary N) is 2. The molecule has 0 heterocycles. The highest BCUT2D eigenvalue weighted by atomic mass is 14.8. The number of hydrogen-bond donors (Lipinski definition) is 3. The van der Waals surface area contributed by atoms with Crippen LogP contribution in [0.4, 0.5) is 0 Å². The smallest absolute Gasteiger partial charge is 0.104 e. The Balaban J connectivity index is 2.47. The van der Waals surface area contributed by atoms with E-state index in [1.165, 1.54) is 0 Å². The molecule has 0 unspecified atom stereocenters. The highest BCUT2D eigenvalue weighted by Gasteiger charge is 2.12. The first-order valence-electron chi connectivity index (χ1n) is 5.65. The van der Waals surface area contributed by atoms with Crippen LogP contribution in [-0.2, 0) is 0 Å². The molecule has 3 heteroatoms. The minimum atomic E-state index is 0.162. The van der Waals surface area contributed by atoms with Gasteiger partial charge in [0, 0.05) is 11.1 Å². The molecule has 3 nitrogen and oxygen atoms in total. The fraction of sp³-hybridized carbons (Fsp3) is 0. The van der Waals surface area contributed by atoms with E-state index in [2.05, 4.69) is 0 Å². The van der Waals surface area contributed by atoms with E-state index >= 15 is 0 Å². The summed E-state index contributed by atoms with van der Waals surface area (Å²) in [5.74, 6) is 0.162. The molecule has 2 rings (SSSR count). The summed E-state index contributed by atoms with van der Waals surface area (Å²) in [6.07, 6.45) is 0. The second kappa shape index (κ2) is 5.19. The monoisotopic (exact) mass is 237 g/mol. The normalized spacial score (nSPS) is 9.78. The molecular formula is C15H15N3. The molecular weight excluding hydrogens is 222 g/mol. The maximum Gasteiger partial charge on any atom is 0.104 e. The molecule has 0 bridgehead atoms. The van der Waals surface area contributed by atoms with Gasteiger partial charge in [-0.2, -0.15) is 0 Å². The van der Waals surface area contributed by atoms with E-state index in [9.17, 15) is 0 Å². The number of benzene rings is 2. The second-order valence-electron chi connectivity index (χ2n) is 3.94. The highest BCUT2D eigenvalue weighted by molar-refractivity contribution is 6.30. The van der Waals surface area contributed by atoms with Crippen molar-refractivity contribution < 1.29 is 0 Å². The van der Waals surface area contributed by atoms with Crippen LogP contribution in [-0.4, -0.2) is 5.71 Å². The van der Waals surface area contributed by atoms with Gasteiger partial charge in [0.1, 0.15) is 5.82 Å². The van der Waals surface area contributed by atoms with Gasteiger partial charge in [-0.3, -0.25) is 5.41 Å². The zero-order valence-electron chi connectivity index (χ0n) is 9.93. The molecule has 90 valence electrons. The predicted molar refractivity (Wildman–Crippen MR) is 75.0 cm³/mol. The van der Waals surface area contributed by atoms with E-state index in [-0.39, 0.29) is 5.82 Å². The SMILES string of the molecule is N=C(C(=C(N)N)c1ccccc1)c1ccccc1. The van der Waals surface area contributed by atoms with Crippen molar-refractivity contribution in [1.82, 2.24) is 0 Å². The first-order chi connectivity index (χ1) is 8.70. The van der Waals surface area contributed by atoms with Crippen LogP contribution in [0.3, 0.4) is 0 Å². The molecule has 0 amide bonds. The van der Waals surface area contributed by atoms with Crippen molar-refractivity contribution in [2.24, 2.45) is 11.5 Å². The Morgan fingerprint density at radius 1 is 0.722 bits per heavy atom. The Labute approximate surface area is 106 Å². The fourth-order valence-corrected chi connectivity index (χ4v) is 1.81. The molecule has 0 atom stereocenters. The molecule has 0 aliphatic heterocycles. The van der Waals surface area contributed by atoms with E-state index in [0.717, 1.165) is 11.1 Å². The lowest BCUT2D eigenvalue weighted by Gasteiger charge is -2.11. The molecule has 18 heavy (non-hydrogen) atoms. The lowest BCUT2D eigenvalue weighted by molar-refractivity contribution is 1.26. The first kappa shape index (κ1) is 11.9. The summed E-state index contributed by atoms with van der Waals surface area (Å²) in [6.45, 7) is 0. The van der Waals surface area contributed by atoms with Crippen LogP contribution in [0.2, 0.25) is 0 Å². The molecule has 0 spiro atoms. The van der Waals surface area contributed by atoms with Crippen LogP contribution in [0.5, 0.6) is 0 Å². The minimum absolute atomic E-state index is 0.162. The van der Waals surface area contributed by atoms with E-state index in [4.69, 9.17) is 16.9 Å². The maximum atomic E-state index is 8.24. The van der Waals surface area contributed by atoms with E-state index in [1.807, 2.05) is 60.7 Å². The summed E-state index contributed by atoms with van der Waals surface area (Å²) in [4.78, 5) is 0. The lowest BCUT2D eigenvalue weighted by atomic mass is 9.96. The van der Waals surface area contributed by atoms with Crippen LogP contribution in [0.15, 0.2) is 66.5 Å². The number of nitrogens with one attached hydrogen (secondary N) is 1. The van der Waals surface area contributed by atoms with Gasteiger partial charge < -0.3 is 11.5 Å². The zero-order chi connectivity index (χ0) is 13.0. The van der Waals surface area contributed by atoms with Crippen LogP contribution in [0.1, 0.15) is 11.1 Å². The van der Waals surface area contributed by atoms with Gasteiger partial charge in [-0.15, -0.1) is 0 Å². The molecule has 0 aromatic heterocycles. The third-order valence-electron chi connectivity index (χ3n) is 2.66. The summed E-state index contributed by atoms with van der Waals surface area (Å²) in [5, 5.41) is 8.24. The van der Waals surface area contributed by atoms with Crippen molar-refractivity contribution in [2.45, 2.75) is 0 Å². The summed E-state index contributed by atoms with van der Waals surface area (Å²) < 4.78 is 0. The average Bonchev–Trinajstić information content (AvgIpc) is 2.40. The molecule has 0 saturated carbocycles. The zero-order valence-corrected chi connectivity index (χ0v) is 9.93. The van der Waals surface area contributed by atoms with Crippen molar-refractivity contribution >= 4 is 11.3 Å². The summed E-state index contributed by atoms with van der Waals surface area (Å²) in [6, 6.07) is 18.9. The molecule has 0 fully saturated rings. The van der Waals surface area contributed by atoms with Gasteiger partial charge in [-0.25, -0.2) is 0 Å². The molecule has 0 aliphatic rings. The third kappa shape index (κ3) is 2.40. The van der Waals surface area contributed by atoms with Crippen molar-refractivity contribution in [3.63, 3.8) is 0 Å². The Bertz CT molecular complexity index is 567. The summed E-state index contributed by atoms with van der Waals surface area (Å²) >= 11 is 0.